The summed E-state index contributed by atoms with van der Waals surface area (Å²) in [4.78, 5) is 5.80. The number of nitrogens with two attached hydrogens (primary N) is 1. The Kier molecular flexibility index (Phi) is 5.42. The Morgan fingerprint density at radius 3 is 2.53 bits per heavy atom. The predicted octanol–water partition coefficient (Wildman–Crippen LogP) is 4.52. The summed E-state index contributed by atoms with van der Waals surface area (Å²) in [6, 6.07) is 9.38. The van der Waals surface area contributed by atoms with E-state index in [-0.39, 0.29) is 5.69 Å². The van der Waals surface area contributed by atoms with Crippen molar-refractivity contribution < 1.29 is 30.4 Å². The number of hydrogen-bond acceptors (Lipinski definition) is 6. The van der Waals surface area contributed by atoms with Crippen LogP contribution in [0.5, 0.6) is 0 Å². The minimum Gasteiger partial charge on any atom is -0.446 e. The summed E-state index contributed by atoms with van der Waals surface area (Å²) < 4.78 is 84.7. The van der Waals surface area contributed by atoms with Crippen molar-refractivity contribution in [2.24, 2.45) is 10.7 Å². The second-order valence-electron chi connectivity index (χ2n) is 6.99. The van der Waals surface area contributed by atoms with Crippen LogP contribution in [0.25, 0.3) is 0 Å². The van der Waals surface area contributed by atoms with Gasteiger partial charge in [-0.15, -0.1) is 0 Å². The summed E-state index contributed by atoms with van der Waals surface area (Å²) in [7, 11) is -4.19. The molecule has 12 heteroatoms. The number of alkyl halides is 3. The first kappa shape index (κ1) is 21.8. The highest BCUT2D eigenvalue weighted by Gasteiger charge is 2.31. The molecule has 3 N–H and O–H groups in total. The fourth-order valence-electron chi connectivity index (χ4n) is 3.19. The smallest absolute Gasteiger partial charge is 0.416 e. The molecule has 1 aliphatic rings. The molecule has 1 aliphatic heterocycles. The third kappa shape index (κ3) is 4.46. The standard InChI is InChI=1S/C20H16F4N4O3S/c21-17-6-1-13(20(22,23)24)9-12(17)10-32(29,30)27-14-2-4-15(5-3-14)28-11-26-19-16(18(28)25)7-8-31-19/h1-9,11,18,27H,10,25H2. The zero-order valence-corrected chi connectivity index (χ0v) is 17.0. The molecule has 0 radical (unpaired) electrons. The largest absolute Gasteiger partial charge is 0.446 e. The van der Waals surface area contributed by atoms with E-state index in [9.17, 15) is 26.0 Å². The summed E-state index contributed by atoms with van der Waals surface area (Å²) in [5, 5.41) is 0. The van der Waals surface area contributed by atoms with Gasteiger partial charge < -0.3 is 15.1 Å². The summed E-state index contributed by atoms with van der Waals surface area (Å²) in [5.41, 5.74) is 5.92. The number of aliphatic imine (C=N–C) groups is 1. The van der Waals surface area contributed by atoms with E-state index in [1.807, 2.05) is 0 Å². The molecule has 7 nitrogen and oxygen atoms in total. The molecule has 4 rings (SSSR count). The van der Waals surface area contributed by atoms with E-state index < -0.39 is 45.1 Å². The SMILES string of the molecule is NC1c2ccoc2N=CN1c1ccc(NS(=O)(=O)Cc2cc(C(F)(F)F)ccc2F)cc1. The minimum atomic E-state index is -4.72. The van der Waals surface area contributed by atoms with Crippen LogP contribution in [0.1, 0.15) is 22.9 Å². The highest BCUT2D eigenvalue weighted by molar-refractivity contribution is 7.91. The van der Waals surface area contributed by atoms with Gasteiger partial charge in [-0.05, 0) is 48.5 Å². The van der Waals surface area contributed by atoms with Crippen LogP contribution in [-0.2, 0) is 22.0 Å². The van der Waals surface area contributed by atoms with Crippen molar-refractivity contribution in [1.82, 2.24) is 0 Å². The molecule has 2 aromatic carbocycles. The van der Waals surface area contributed by atoms with E-state index in [4.69, 9.17) is 10.2 Å². The lowest BCUT2D eigenvalue weighted by Crippen LogP contribution is -2.35. The van der Waals surface area contributed by atoms with Gasteiger partial charge in [0.15, 0.2) is 0 Å². The maximum Gasteiger partial charge on any atom is 0.416 e. The molecule has 168 valence electrons. The maximum atomic E-state index is 13.9. The van der Waals surface area contributed by atoms with E-state index in [0.29, 0.717) is 35.3 Å². The van der Waals surface area contributed by atoms with Gasteiger partial charge in [0.05, 0.1) is 23.1 Å². The molecule has 1 aromatic heterocycles. The lowest BCUT2D eigenvalue weighted by molar-refractivity contribution is -0.137. The van der Waals surface area contributed by atoms with Crippen LogP contribution >= 0.6 is 0 Å². The van der Waals surface area contributed by atoms with Crippen molar-refractivity contribution in [3.05, 3.63) is 77.3 Å². The fraction of sp³-hybridized carbons (Fsp3) is 0.150. The number of benzene rings is 2. The van der Waals surface area contributed by atoms with Crippen molar-refractivity contribution in [2.45, 2.75) is 18.1 Å². The lowest BCUT2D eigenvalue weighted by Gasteiger charge is -2.29. The average Bonchev–Trinajstić information content (AvgIpc) is 3.19. The number of sulfonamides is 1. The van der Waals surface area contributed by atoms with Crippen molar-refractivity contribution >= 4 is 33.6 Å². The minimum absolute atomic E-state index is 0.146. The Balaban J connectivity index is 1.49. The third-order valence-electron chi connectivity index (χ3n) is 4.75. The van der Waals surface area contributed by atoms with Gasteiger partial charge in [-0.1, -0.05) is 0 Å². The van der Waals surface area contributed by atoms with Crippen molar-refractivity contribution in [3.63, 3.8) is 0 Å². The molecule has 0 fully saturated rings. The number of hydrogen-bond donors (Lipinski definition) is 2. The molecule has 0 aliphatic carbocycles. The first-order chi connectivity index (χ1) is 15.0. The molecule has 1 atom stereocenters. The summed E-state index contributed by atoms with van der Waals surface area (Å²) in [6.07, 6.45) is -2.33. The van der Waals surface area contributed by atoms with E-state index in [0.717, 1.165) is 0 Å². The van der Waals surface area contributed by atoms with E-state index in [1.165, 1.54) is 24.7 Å². The van der Waals surface area contributed by atoms with Crippen LogP contribution in [-0.4, -0.2) is 14.8 Å². The quantitative estimate of drug-likeness (QED) is 0.537. The van der Waals surface area contributed by atoms with Crippen molar-refractivity contribution in [3.8, 4) is 0 Å². The molecule has 0 amide bonds. The van der Waals surface area contributed by atoms with Crippen LogP contribution in [0.2, 0.25) is 0 Å². The predicted molar refractivity (Wildman–Crippen MR) is 110 cm³/mol. The van der Waals surface area contributed by atoms with Gasteiger partial charge in [-0.25, -0.2) is 17.8 Å². The Labute approximate surface area is 180 Å². The molecule has 32 heavy (non-hydrogen) atoms. The molecule has 0 spiro atoms. The first-order valence-corrected chi connectivity index (χ1v) is 10.8. The molecule has 0 bridgehead atoms. The zero-order chi connectivity index (χ0) is 23.1. The van der Waals surface area contributed by atoms with E-state index >= 15 is 0 Å². The van der Waals surface area contributed by atoms with Gasteiger partial charge in [0.2, 0.25) is 15.9 Å². The number of furan rings is 1. The normalized spacial score (nSPS) is 16.2. The Morgan fingerprint density at radius 2 is 1.84 bits per heavy atom. The van der Waals surface area contributed by atoms with E-state index in [1.54, 1.807) is 23.1 Å². The van der Waals surface area contributed by atoms with E-state index in [2.05, 4.69) is 9.71 Å². The number of anilines is 2. The Hall–Kier alpha value is -3.38. The molecule has 1 unspecified atom stereocenters. The fourth-order valence-corrected chi connectivity index (χ4v) is 4.39. The number of nitrogens with zero attached hydrogens (tertiary/aromatic N) is 2. The Morgan fingerprint density at radius 1 is 1.12 bits per heavy atom. The Bertz CT molecular complexity index is 1270. The highest BCUT2D eigenvalue weighted by Crippen LogP contribution is 2.34. The van der Waals surface area contributed by atoms with Crippen LogP contribution < -0.4 is 15.4 Å². The van der Waals surface area contributed by atoms with Crippen LogP contribution in [0.3, 0.4) is 0 Å². The summed E-state index contributed by atoms with van der Waals surface area (Å²) in [5.74, 6) is -1.60. The van der Waals surface area contributed by atoms with Crippen molar-refractivity contribution in [1.29, 1.82) is 0 Å². The lowest BCUT2D eigenvalue weighted by atomic mass is 10.1. The number of nitrogens with one attached hydrogen (secondary N) is 1. The summed E-state index contributed by atoms with van der Waals surface area (Å²) in [6.45, 7) is 0. The second kappa shape index (κ2) is 7.95. The van der Waals surface area contributed by atoms with Crippen LogP contribution in [0, 0.1) is 5.82 Å². The third-order valence-corrected chi connectivity index (χ3v) is 5.99. The monoisotopic (exact) mass is 468 g/mol. The van der Waals surface area contributed by atoms with Crippen LogP contribution in [0.15, 0.2) is 64.2 Å². The van der Waals surface area contributed by atoms with Crippen molar-refractivity contribution in [2.75, 3.05) is 9.62 Å². The van der Waals surface area contributed by atoms with Gasteiger partial charge in [0.25, 0.3) is 0 Å². The first-order valence-electron chi connectivity index (χ1n) is 9.15. The summed E-state index contributed by atoms with van der Waals surface area (Å²) >= 11 is 0. The number of fused-ring (bicyclic) bond motifs is 1. The molecule has 3 aromatic rings. The highest BCUT2D eigenvalue weighted by atomic mass is 32.2. The van der Waals surface area contributed by atoms with Gasteiger partial charge in [-0.3, -0.25) is 4.72 Å². The molecular formula is C20H16F4N4O3S. The molecular weight excluding hydrogens is 452 g/mol. The number of halogens is 4. The molecule has 0 saturated heterocycles. The topological polar surface area (TPSA) is 101 Å². The molecule has 0 saturated carbocycles. The number of rotatable bonds is 5. The van der Waals surface area contributed by atoms with Gasteiger partial charge >= 0.3 is 6.18 Å². The van der Waals surface area contributed by atoms with Gasteiger partial charge in [0, 0.05) is 16.9 Å². The average molecular weight is 468 g/mol. The zero-order valence-electron chi connectivity index (χ0n) is 16.2. The maximum absolute atomic E-state index is 13.9. The van der Waals surface area contributed by atoms with Crippen LogP contribution in [0.4, 0.5) is 34.8 Å². The molecule has 2 heterocycles. The van der Waals surface area contributed by atoms with Gasteiger partial charge in [0.1, 0.15) is 18.3 Å². The second-order valence-corrected chi connectivity index (χ2v) is 8.71. The van der Waals surface area contributed by atoms with Gasteiger partial charge in [-0.2, -0.15) is 13.2 Å².